The second kappa shape index (κ2) is 11.9. The highest BCUT2D eigenvalue weighted by Crippen LogP contribution is 2.47. The van der Waals surface area contributed by atoms with E-state index in [4.69, 9.17) is 9.72 Å². The van der Waals surface area contributed by atoms with Gasteiger partial charge in [0, 0.05) is 18.0 Å². The third-order valence-corrected chi connectivity index (χ3v) is 14.0. The van der Waals surface area contributed by atoms with Crippen LogP contribution in [0.1, 0.15) is 0 Å². The van der Waals surface area contributed by atoms with Crippen LogP contribution in [-0.4, -0.2) is 24.6 Å². The Labute approximate surface area is 304 Å². The summed E-state index contributed by atoms with van der Waals surface area (Å²) >= 11 is 0. The number of ether oxygens (including phenoxy) is 1. The van der Waals surface area contributed by atoms with Gasteiger partial charge in [0.05, 0.1) is 33.8 Å². The van der Waals surface area contributed by atoms with Gasteiger partial charge in [-0.05, 0) is 76.5 Å². The Kier molecular flexibility index (Phi) is 6.94. The summed E-state index contributed by atoms with van der Waals surface area (Å²) in [6.07, 6.45) is 5.57. The van der Waals surface area contributed by atoms with Gasteiger partial charge in [-0.1, -0.05) is 110 Å². The van der Waals surface area contributed by atoms with Crippen molar-refractivity contribution >= 4 is 64.8 Å². The Bertz CT molecular complexity index is 2600. The summed E-state index contributed by atoms with van der Waals surface area (Å²) in [7, 11) is -2.03. The average Bonchev–Trinajstić information content (AvgIpc) is 3.75. The first kappa shape index (κ1) is 30.4. The fraction of sp³-hybridized carbons (Fsp3) is 0.0455. The maximum Gasteiger partial charge on any atom is 0.421 e. The number of hydrogen-bond acceptors (Lipinski definition) is 4. The van der Waals surface area contributed by atoms with Crippen LogP contribution in [0.5, 0.6) is 11.5 Å². The van der Waals surface area contributed by atoms with E-state index in [1.54, 1.807) is 0 Å². The summed E-state index contributed by atoms with van der Waals surface area (Å²) in [5.74, 6) is 2.41. The molecular formula is C44H34BN5OSi. The van der Waals surface area contributed by atoms with Crippen molar-refractivity contribution in [2.24, 2.45) is 0 Å². The summed E-state index contributed by atoms with van der Waals surface area (Å²) in [5, 5.41) is 2.78. The molecule has 52 heavy (non-hydrogen) atoms. The van der Waals surface area contributed by atoms with Crippen molar-refractivity contribution in [2.45, 2.75) is 13.1 Å². The maximum atomic E-state index is 6.80. The molecule has 8 heteroatoms. The zero-order chi connectivity index (χ0) is 34.8. The van der Waals surface area contributed by atoms with E-state index >= 15 is 0 Å². The van der Waals surface area contributed by atoms with Gasteiger partial charge in [0.15, 0.2) is 0 Å². The molecule has 0 N–H and O–H groups in total. The van der Waals surface area contributed by atoms with Crippen LogP contribution in [0.25, 0.3) is 22.4 Å². The molecule has 0 fully saturated rings. The van der Waals surface area contributed by atoms with E-state index in [9.17, 15) is 0 Å². The van der Waals surface area contributed by atoms with Gasteiger partial charge in [-0.15, -0.1) is 0 Å². The summed E-state index contributed by atoms with van der Waals surface area (Å²) in [6.45, 7) is 4.74. The van der Waals surface area contributed by atoms with Crippen LogP contribution in [0.4, 0.5) is 22.9 Å². The number of pyridine rings is 1. The molecule has 0 aliphatic carbocycles. The minimum atomic E-state index is -2.03. The number of rotatable bonds is 6. The van der Waals surface area contributed by atoms with Crippen molar-refractivity contribution in [3.63, 3.8) is 0 Å². The standard InChI is InChI=1S/C44H34BN5OSi/c1-52(2)41-27-25-36(30-40(41)48-31-47(33-17-8-4-9-18-33)38-21-14-22-42(52)44(38)48)51-35-24-26-37-39(29-35)50(43-23-12-13-28-46-43)45(32-15-6-3-7-16-32)49(37)34-19-10-5-11-20-34/h3-30H,1-2H3. The number of fused-ring (bicyclic) bond motifs is 3. The SMILES string of the molecule is C[Si]1(C)c2ccc(Oc3ccc4c(c3)N(c3ccccn3)B(c3ccccc3)N4c3ccccc3)cc2-n2[c-][n+](-c3ccccc3)c3cccc1c32. The van der Waals surface area contributed by atoms with E-state index in [2.05, 4.69) is 190 Å². The zero-order valence-corrected chi connectivity index (χ0v) is 29.9. The highest BCUT2D eigenvalue weighted by Gasteiger charge is 2.44. The first-order valence-corrected chi connectivity index (χ1v) is 20.7. The van der Waals surface area contributed by atoms with Gasteiger partial charge >= 0.3 is 6.98 Å². The Hall–Kier alpha value is -6.38. The van der Waals surface area contributed by atoms with Crippen molar-refractivity contribution in [1.82, 2.24) is 9.55 Å². The molecule has 2 aromatic heterocycles. The minimum absolute atomic E-state index is 0.150. The molecule has 0 atom stereocenters. The molecule has 4 heterocycles. The fourth-order valence-electron chi connectivity index (χ4n) is 8.05. The highest BCUT2D eigenvalue weighted by atomic mass is 28.3. The minimum Gasteiger partial charge on any atom is -0.458 e. The molecule has 10 rings (SSSR count). The smallest absolute Gasteiger partial charge is 0.421 e. The van der Waals surface area contributed by atoms with Crippen LogP contribution < -0.4 is 34.8 Å². The third kappa shape index (κ3) is 4.72. The van der Waals surface area contributed by atoms with Gasteiger partial charge in [0.2, 0.25) is 0 Å². The van der Waals surface area contributed by atoms with Crippen molar-refractivity contribution in [3.8, 4) is 22.9 Å². The van der Waals surface area contributed by atoms with Crippen LogP contribution in [0.3, 0.4) is 0 Å². The molecule has 0 saturated heterocycles. The van der Waals surface area contributed by atoms with Crippen LogP contribution in [0.2, 0.25) is 13.1 Å². The summed E-state index contributed by atoms with van der Waals surface area (Å²) in [5.41, 5.74) is 8.99. The van der Waals surface area contributed by atoms with Crippen molar-refractivity contribution < 1.29 is 9.30 Å². The van der Waals surface area contributed by atoms with Crippen LogP contribution in [0, 0.1) is 6.33 Å². The number of anilines is 4. The first-order valence-electron chi connectivity index (χ1n) is 17.7. The molecule has 0 spiro atoms. The van der Waals surface area contributed by atoms with Crippen molar-refractivity contribution in [3.05, 3.63) is 176 Å². The maximum absolute atomic E-state index is 6.80. The second-order valence-corrected chi connectivity index (χ2v) is 18.2. The predicted octanol–water partition coefficient (Wildman–Crippen LogP) is 7.72. The molecule has 8 aromatic rings. The lowest BCUT2D eigenvalue weighted by molar-refractivity contribution is -0.572. The monoisotopic (exact) mass is 687 g/mol. The molecule has 6 aromatic carbocycles. The van der Waals surface area contributed by atoms with Gasteiger partial charge < -0.3 is 14.4 Å². The zero-order valence-electron chi connectivity index (χ0n) is 28.9. The van der Waals surface area contributed by atoms with Gasteiger partial charge in [0.25, 0.3) is 6.33 Å². The average molecular weight is 688 g/mol. The number of hydrogen-bond donors (Lipinski definition) is 0. The predicted molar refractivity (Wildman–Crippen MR) is 214 cm³/mol. The summed E-state index contributed by atoms with van der Waals surface area (Å²) < 4.78 is 11.2. The number of para-hydroxylation sites is 3. The van der Waals surface area contributed by atoms with Crippen molar-refractivity contribution in [2.75, 3.05) is 9.62 Å². The lowest BCUT2D eigenvalue weighted by Gasteiger charge is -2.32. The van der Waals surface area contributed by atoms with Gasteiger partial charge in [-0.25, -0.2) is 4.98 Å². The van der Waals surface area contributed by atoms with E-state index in [1.165, 1.54) is 21.4 Å². The molecular weight excluding hydrogens is 653 g/mol. The Morgan fingerprint density at radius 2 is 1.31 bits per heavy atom. The second-order valence-electron chi connectivity index (χ2n) is 13.9. The normalized spacial score (nSPS) is 14.0. The summed E-state index contributed by atoms with van der Waals surface area (Å²) in [4.78, 5) is 9.56. The molecule has 6 nitrogen and oxygen atoms in total. The summed E-state index contributed by atoms with van der Waals surface area (Å²) in [6, 6.07) is 57.5. The first-order chi connectivity index (χ1) is 25.6. The highest BCUT2D eigenvalue weighted by molar-refractivity contribution is 7.02. The molecule has 248 valence electrons. The van der Waals surface area contributed by atoms with Crippen LogP contribution >= 0.6 is 0 Å². The molecule has 2 aliphatic heterocycles. The molecule has 0 unspecified atom stereocenters. The Morgan fingerprint density at radius 3 is 2.06 bits per heavy atom. The van der Waals surface area contributed by atoms with Gasteiger partial charge in [-0.2, -0.15) is 0 Å². The lowest BCUT2D eigenvalue weighted by Crippen LogP contribution is -2.57. The number of aromatic nitrogens is 3. The van der Waals surface area contributed by atoms with E-state index in [0.717, 1.165) is 51.3 Å². The van der Waals surface area contributed by atoms with Crippen LogP contribution in [-0.2, 0) is 0 Å². The van der Waals surface area contributed by atoms with E-state index in [1.807, 2.05) is 18.3 Å². The van der Waals surface area contributed by atoms with Crippen LogP contribution in [0.15, 0.2) is 170 Å². The topological polar surface area (TPSA) is 37.4 Å². The van der Waals surface area contributed by atoms with Gasteiger partial charge in [0.1, 0.15) is 25.4 Å². The number of nitrogens with zero attached hydrogens (tertiary/aromatic N) is 5. The fourth-order valence-corrected chi connectivity index (χ4v) is 11.0. The van der Waals surface area contributed by atoms with E-state index < -0.39 is 8.07 Å². The molecule has 0 bridgehead atoms. The molecule has 2 aliphatic rings. The third-order valence-electron chi connectivity index (χ3n) is 10.5. The Balaban J connectivity index is 1.10. The quantitative estimate of drug-likeness (QED) is 0.102. The molecule has 0 saturated carbocycles. The largest absolute Gasteiger partial charge is 0.458 e. The number of imidazole rings is 1. The van der Waals surface area contributed by atoms with E-state index in [-0.39, 0.29) is 6.98 Å². The van der Waals surface area contributed by atoms with Crippen molar-refractivity contribution in [1.29, 1.82) is 0 Å². The molecule has 0 amide bonds. The number of benzene rings is 6. The van der Waals surface area contributed by atoms with E-state index in [0.29, 0.717) is 0 Å². The molecule has 0 radical (unpaired) electrons. The van der Waals surface area contributed by atoms with Gasteiger partial charge in [-0.3, -0.25) is 9.13 Å². The lowest BCUT2D eigenvalue weighted by atomic mass is 9.65. The Morgan fingerprint density at radius 1 is 0.615 bits per heavy atom.